The fraction of sp³-hybridized carbons (Fsp3) is 0.0714. The summed E-state index contributed by atoms with van der Waals surface area (Å²) in [6.45, 7) is 1.78. The summed E-state index contributed by atoms with van der Waals surface area (Å²) in [6, 6.07) is 9.53. The molecule has 0 aliphatic carbocycles. The Morgan fingerprint density at radius 2 is 2.00 bits per heavy atom. The number of aromatic nitrogens is 4. The molecule has 0 amide bonds. The van der Waals surface area contributed by atoms with Crippen LogP contribution in [0.15, 0.2) is 45.4 Å². The van der Waals surface area contributed by atoms with Crippen molar-refractivity contribution in [1.82, 2.24) is 19.8 Å². The molecule has 1 aromatic carbocycles. The van der Waals surface area contributed by atoms with Crippen LogP contribution in [0.25, 0.3) is 27.5 Å². The van der Waals surface area contributed by atoms with Gasteiger partial charge >= 0.3 is 0 Å². The summed E-state index contributed by atoms with van der Waals surface area (Å²) < 4.78 is 29.6. The maximum absolute atomic E-state index is 11.5. The molecule has 0 bridgehead atoms. The molecule has 0 aliphatic rings. The Morgan fingerprint density at radius 1 is 1.25 bits per heavy atom. The van der Waals surface area contributed by atoms with Gasteiger partial charge in [-0.3, -0.25) is 0 Å². The fourth-order valence-corrected chi connectivity index (χ4v) is 3.92. The Bertz CT molecular complexity index is 1140. The van der Waals surface area contributed by atoms with Crippen molar-refractivity contribution in [3.8, 4) is 22.5 Å². The van der Waals surface area contributed by atoms with E-state index in [0.29, 0.717) is 27.7 Å². The normalized spacial score (nSPS) is 12.1. The minimum absolute atomic E-state index is 0.192. The molecule has 0 radical (unpaired) electrons. The summed E-state index contributed by atoms with van der Waals surface area (Å²) in [5.41, 5.74) is 2.81. The van der Waals surface area contributed by atoms with Crippen molar-refractivity contribution >= 4 is 26.3 Å². The van der Waals surface area contributed by atoms with E-state index < -0.39 is 10.0 Å². The maximum atomic E-state index is 11.5. The van der Waals surface area contributed by atoms with Crippen LogP contribution in [-0.2, 0) is 10.0 Å². The van der Waals surface area contributed by atoms with Crippen LogP contribution in [0.4, 0.5) is 0 Å². The van der Waals surface area contributed by atoms with Crippen LogP contribution in [0.2, 0.25) is 0 Å². The first kappa shape index (κ1) is 15.0. The van der Waals surface area contributed by atoms with Crippen molar-refractivity contribution in [3.05, 3.63) is 42.3 Å². The van der Waals surface area contributed by atoms with Gasteiger partial charge in [0, 0.05) is 5.56 Å². The van der Waals surface area contributed by atoms with Crippen LogP contribution >= 0.6 is 11.3 Å². The van der Waals surface area contributed by atoms with E-state index in [-0.39, 0.29) is 4.34 Å². The second-order valence-electron chi connectivity index (χ2n) is 5.08. The third kappa shape index (κ3) is 2.31. The average Bonchev–Trinajstić information content (AvgIpc) is 3.21. The summed E-state index contributed by atoms with van der Waals surface area (Å²) in [4.78, 5) is 4.64. The number of benzene rings is 1. The van der Waals surface area contributed by atoms with E-state index in [1.165, 1.54) is 4.52 Å². The van der Waals surface area contributed by atoms with E-state index in [1.807, 2.05) is 30.3 Å². The summed E-state index contributed by atoms with van der Waals surface area (Å²) in [6.07, 6.45) is 1.61. The van der Waals surface area contributed by atoms with Gasteiger partial charge in [-0.2, -0.15) is 0 Å². The van der Waals surface area contributed by atoms with Crippen molar-refractivity contribution < 1.29 is 12.9 Å². The highest BCUT2D eigenvalue weighted by Gasteiger charge is 2.23. The largest absolute Gasteiger partial charge is 0.360 e. The molecule has 10 heteroatoms. The summed E-state index contributed by atoms with van der Waals surface area (Å²) in [5.74, 6) is 0.584. The van der Waals surface area contributed by atoms with Crippen molar-refractivity contribution in [2.24, 2.45) is 5.14 Å². The lowest BCUT2D eigenvalue weighted by molar-refractivity contribution is 0.400. The first-order valence-corrected chi connectivity index (χ1v) is 9.21. The predicted octanol–water partition coefficient (Wildman–Crippen LogP) is 2.07. The molecule has 8 nitrogen and oxygen atoms in total. The lowest BCUT2D eigenvalue weighted by Crippen LogP contribution is -2.12. The van der Waals surface area contributed by atoms with Gasteiger partial charge in [-0.1, -0.05) is 46.8 Å². The monoisotopic (exact) mass is 361 g/mol. The number of rotatable bonds is 3. The molecule has 4 rings (SSSR count). The van der Waals surface area contributed by atoms with E-state index >= 15 is 0 Å². The van der Waals surface area contributed by atoms with Gasteiger partial charge in [0.2, 0.25) is 9.30 Å². The Morgan fingerprint density at radius 3 is 2.71 bits per heavy atom. The average molecular weight is 361 g/mol. The molecule has 0 atom stereocenters. The molecule has 0 saturated heterocycles. The number of imidazole rings is 1. The Hall–Kier alpha value is -2.56. The SMILES string of the molecule is Cc1onc(-c2ccccc2)c1-c1cnc2sc(S(N)(=O)=O)nn12. The van der Waals surface area contributed by atoms with Crippen molar-refractivity contribution in [2.75, 3.05) is 0 Å². The number of hydrogen-bond donors (Lipinski definition) is 1. The number of nitrogens with two attached hydrogens (primary N) is 1. The third-order valence-electron chi connectivity index (χ3n) is 3.48. The second-order valence-corrected chi connectivity index (χ2v) is 7.77. The zero-order chi connectivity index (χ0) is 16.9. The van der Waals surface area contributed by atoms with Crippen LogP contribution in [0.3, 0.4) is 0 Å². The van der Waals surface area contributed by atoms with Gasteiger partial charge in [0.05, 0.1) is 17.5 Å². The minimum Gasteiger partial charge on any atom is -0.360 e. The highest BCUT2D eigenvalue weighted by atomic mass is 32.2. The van der Waals surface area contributed by atoms with E-state index in [0.717, 1.165) is 16.9 Å². The van der Waals surface area contributed by atoms with Crippen LogP contribution in [0.1, 0.15) is 5.76 Å². The number of nitrogens with zero attached hydrogens (tertiary/aromatic N) is 4. The number of sulfonamides is 1. The molecular weight excluding hydrogens is 350 g/mol. The highest BCUT2D eigenvalue weighted by molar-refractivity contribution is 7.91. The van der Waals surface area contributed by atoms with Gasteiger partial charge in [0.15, 0.2) is 0 Å². The highest BCUT2D eigenvalue weighted by Crippen LogP contribution is 2.35. The molecule has 0 spiro atoms. The third-order valence-corrected chi connectivity index (χ3v) is 5.71. The van der Waals surface area contributed by atoms with E-state index in [9.17, 15) is 8.42 Å². The molecule has 0 fully saturated rings. The molecule has 0 saturated carbocycles. The number of primary sulfonamides is 1. The van der Waals surface area contributed by atoms with Crippen LogP contribution in [0.5, 0.6) is 0 Å². The lowest BCUT2D eigenvalue weighted by atomic mass is 10.0. The van der Waals surface area contributed by atoms with Gasteiger partial charge in [-0.05, 0) is 6.92 Å². The first-order valence-electron chi connectivity index (χ1n) is 6.84. The van der Waals surface area contributed by atoms with Crippen LogP contribution in [0, 0.1) is 6.92 Å². The van der Waals surface area contributed by atoms with Crippen LogP contribution < -0.4 is 5.14 Å². The van der Waals surface area contributed by atoms with Gasteiger partial charge < -0.3 is 4.52 Å². The summed E-state index contributed by atoms with van der Waals surface area (Å²) in [7, 11) is -3.89. The Labute approximate surface area is 140 Å². The zero-order valence-corrected chi connectivity index (χ0v) is 14.0. The smallest absolute Gasteiger partial charge is 0.267 e. The topological polar surface area (TPSA) is 116 Å². The minimum atomic E-state index is -3.89. The van der Waals surface area contributed by atoms with Crippen molar-refractivity contribution in [3.63, 3.8) is 0 Å². The van der Waals surface area contributed by atoms with E-state index in [2.05, 4.69) is 15.2 Å². The number of aryl methyl sites for hydroxylation is 1. The lowest BCUT2D eigenvalue weighted by Gasteiger charge is -2.01. The quantitative estimate of drug-likeness (QED) is 0.597. The van der Waals surface area contributed by atoms with Gasteiger partial charge in [0.25, 0.3) is 10.0 Å². The van der Waals surface area contributed by atoms with Crippen molar-refractivity contribution in [1.29, 1.82) is 0 Å². The molecular formula is C14H11N5O3S2. The maximum Gasteiger partial charge on any atom is 0.267 e. The van der Waals surface area contributed by atoms with Gasteiger partial charge in [-0.15, -0.1) is 5.10 Å². The first-order chi connectivity index (χ1) is 11.4. The standard InChI is InChI=1S/C14H11N5O3S2/c1-8-11(12(18-22-8)9-5-3-2-4-6-9)10-7-16-13-19(10)17-14(23-13)24(15,20)21/h2-7H,1H3,(H2,15,20,21). The molecule has 2 N–H and O–H groups in total. The van der Waals surface area contributed by atoms with E-state index in [4.69, 9.17) is 9.66 Å². The molecule has 122 valence electrons. The van der Waals surface area contributed by atoms with E-state index in [1.54, 1.807) is 13.1 Å². The predicted molar refractivity (Wildman–Crippen MR) is 87.9 cm³/mol. The van der Waals surface area contributed by atoms with Crippen LogP contribution in [-0.4, -0.2) is 28.2 Å². The number of hydrogen-bond acceptors (Lipinski definition) is 7. The second kappa shape index (κ2) is 5.23. The number of fused-ring (bicyclic) bond motifs is 1. The fourth-order valence-electron chi connectivity index (χ4n) is 2.43. The summed E-state index contributed by atoms with van der Waals surface area (Å²) in [5, 5.41) is 13.3. The molecule has 0 aliphatic heterocycles. The molecule has 24 heavy (non-hydrogen) atoms. The van der Waals surface area contributed by atoms with Crippen molar-refractivity contribution in [2.45, 2.75) is 11.3 Å². The Kier molecular flexibility index (Phi) is 3.27. The Balaban J connectivity index is 1.96. The molecule has 0 unspecified atom stereocenters. The molecule has 3 aromatic heterocycles. The van der Waals surface area contributed by atoms with Gasteiger partial charge in [-0.25, -0.2) is 23.1 Å². The van der Waals surface area contributed by atoms with Gasteiger partial charge in [0.1, 0.15) is 11.5 Å². The molecule has 4 aromatic rings. The molecule has 3 heterocycles. The summed E-state index contributed by atoms with van der Waals surface area (Å²) >= 11 is 0.907. The zero-order valence-electron chi connectivity index (χ0n) is 12.4.